The Morgan fingerprint density at radius 1 is 1.24 bits per heavy atom. The zero-order valence-electron chi connectivity index (χ0n) is 11.0. The van der Waals surface area contributed by atoms with Crippen molar-refractivity contribution in [1.82, 2.24) is 5.06 Å². The van der Waals surface area contributed by atoms with Gasteiger partial charge in [-0.1, -0.05) is 41.9 Å². The number of hydrogen-bond acceptors (Lipinski definition) is 4. The van der Waals surface area contributed by atoms with Crippen molar-refractivity contribution < 1.29 is 15.1 Å². The Balaban J connectivity index is 2.58. The van der Waals surface area contributed by atoms with Gasteiger partial charge in [0.2, 0.25) is 0 Å². The van der Waals surface area contributed by atoms with Crippen LogP contribution in [0.3, 0.4) is 0 Å². The number of rotatable bonds is 4. The molecular formula is C15H13ClN2O3. The van der Waals surface area contributed by atoms with Gasteiger partial charge in [-0.2, -0.15) is 0 Å². The lowest BCUT2D eigenvalue weighted by atomic mass is 9.98. The minimum Gasteiger partial charge on any atom is -0.480 e. The first-order valence-electron chi connectivity index (χ1n) is 6.11. The Bertz CT molecular complexity index is 663. The highest BCUT2D eigenvalue weighted by Crippen LogP contribution is 2.27. The molecule has 0 fully saturated rings. The summed E-state index contributed by atoms with van der Waals surface area (Å²) in [5.74, 6) is -1.18. The van der Waals surface area contributed by atoms with Crippen molar-refractivity contribution in [3.05, 3.63) is 64.7 Å². The second-order valence-corrected chi connectivity index (χ2v) is 4.79. The van der Waals surface area contributed by atoms with E-state index in [1.165, 1.54) is 12.2 Å². The first-order chi connectivity index (χ1) is 9.99. The van der Waals surface area contributed by atoms with Crippen LogP contribution in [0.15, 0.2) is 59.2 Å². The van der Waals surface area contributed by atoms with Gasteiger partial charge < -0.3 is 10.5 Å². The third kappa shape index (κ3) is 3.59. The standard InChI is InChI=1S/C15H13ClN2O3/c16-11-6-7-13(17)12(8-11)15(18(21)9-14(19)20)10-4-2-1-3-5-10/h1-8,17,21H,9H2,(H,19,20). The molecule has 2 rings (SSSR count). The molecule has 0 bridgehead atoms. The van der Waals surface area contributed by atoms with E-state index in [1.807, 2.05) is 0 Å². The van der Waals surface area contributed by atoms with Crippen LogP contribution in [0, 0.1) is 5.41 Å². The van der Waals surface area contributed by atoms with Gasteiger partial charge in [0.1, 0.15) is 6.54 Å². The summed E-state index contributed by atoms with van der Waals surface area (Å²) in [5, 5.41) is 27.9. The number of aliphatic carboxylic acids is 1. The summed E-state index contributed by atoms with van der Waals surface area (Å²) >= 11 is 5.95. The second-order valence-electron chi connectivity index (χ2n) is 4.36. The topological polar surface area (TPSA) is 84.6 Å². The van der Waals surface area contributed by atoms with Crippen molar-refractivity contribution in [2.24, 2.45) is 0 Å². The molecule has 0 atom stereocenters. The van der Waals surface area contributed by atoms with E-state index >= 15 is 0 Å². The van der Waals surface area contributed by atoms with Crippen LogP contribution >= 0.6 is 11.6 Å². The Labute approximate surface area is 126 Å². The molecule has 0 heterocycles. The molecule has 3 N–H and O–H groups in total. The highest BCUT2D eigenvalue weighted by Gasteiger charge is 2.20. The average molecular weight is 305 g/mol. The highest BCUT2D eigenvalue weighted by molar-refractivity contribution is 6.33. The molecular weight excluding hydrogens is 292 g/mol. The summed E-state index contributed by atoms with van der Waals surface area (Å²) in [6, 6.07) is 8.78. The van der Waals surface area contributed by atoms with Gasteiger partial charge >= 0.3 is 5.97 Å². The molecule has 0 aliphatic heterocycles. The van der Waals surface area contributed by atoms with Crippen LogP contribution in [0.5, 0.6) is 0 Å². The SMILES string of the molecule is N=C1C=CC(Cl)=CC1=C(c1ccccc1)N(O)CC(=O)O. The number of allylic oxidation sites excluding steroid dienone is 5. The summed E-state index contributed by atoms with van der Waals surface area (Å²) in [4.78, 5) is 10.8. The van der Waals surface area contributed by atoms with E-state index < -0.39 is 12.5 Å². The van der Waals surface area contributed by atoms with Crippen molar-refractivity contribution >= 4 is 29.0 Å². The van der Waals surface area contributed by atoms with E-state index in [9.17, 15) is 10.0 Å². The number of carboxylic acids is 1. The van der Waals surface area contributed by atoms with Crippen molar-refractivity contribution in [3.8, 4) is 0 Å². The third-order valence-electron chi connectivity index (χ3n) is 2.83. The minimum atomic E-state index is -1.18. The zero-order chi connectivity index (χ0) is 15.4. The summed E-state index contributed by atoms with van der Waals surface area (Å²) in [7, 11) is 0. The summed E-state index contributed by atoms with van der Waals surface area (Å²) in [6.07, 6.45) is 4.58. The van der Waals surface area contributed by atoms with E-state index in [0.717, 1.165) is 0 Å². The third-order valence-corrected chi connectivity index (χ3v) is 3.06. The summed E-state index contributed by atoms with van der Waals surface area (Å²) in [5.41, 5.74) is 1.32. The zero-order valence-corrected chi connectivity index (χ0v) is 11.7. The number of benzene rings is 1. The van der Waals surface area contributed by atoms with E-state index in [2.05, 4.69) is 0 Å². The fourth-order valence-corrected chi connectivity index (χ4v) is 2.13. The highest BCUT2D eigenvalue weighted by atomic mass is 35.5. The predicted molar refractivity (Wildman–Crippen MR) is 80.3 cm³/mol. The molecule has 1 aliphatic rings. The van der Waals surface area contributed by atoms with Gasteiger partial charge in [0.05, 0.1) is 11.4 Å². The number of hydroxylamine groups is 2. The molecule has 0 spiro atoms. The van der Waals surface area contributed by atoms with Gasteiger partial charge in [-0.05, 0) is 18.2 Å². The quantitative estimate of drug-likeness (QED) is 0.747. The molecule has 0 amide bonds. The van der Waals surface area contributed by atoms with Crippen LogP contribution in [0.4, 0.5) is 0 Å². The van der Waals surface area contributed by atoms with Crippen molar-refractivity contribution in [3.63, 3.8) is 0 Å². The minimum absolute atomic E-state index is 0.141. The van der Waals surface area contributed by atoms with Crippen molar-refractivity contribution in [1.29, 1.82) is 5.41 Å². The van der Waals surface area contributed by atoms with Gasteiger partial charge in [-0.25, -0.2) is 5.06 Å². The molecule has 0 unspecified atom stereocenters. The molecule has 108 valence electrons. The fourth-order valence-electron chi connectivity index (χ4n) is 1.96. The number of nitrogens with zero attached hydrogens (tertiary/aromatic N) is 1. The van der Waals surface area contributed by atoms with Gasteiger partial charge in [0.15, 0.2) is 0 Å². The average Bonchev–Trinajstić information content (AvgIpc) is 2.43. The number of carboxylic acid groups (broad SMARTS) is 1. The number of halogens is 1. The molecule has 0 radical (unpaired) electrons. The smallest absolute Gasteiger partial charge is 0.325 e. The number of hydrogen-bond donors (Lipinski definition) is 3. The number of carbonyl (C=O) groups is 1. The molecule has 0 saturated heterocycles. The molecule has 5 nitrogen and oxygen atoms in total. The molecule has 6 heteroatoms. The molecule has 0 aromatic heterocycles. The Morgan fingerprint density at radius 3 is 2.52 bits per heavy atom. The molecule has 1 aromatic carbocycles. The van der Waals surface area contributed by atoms with Crippen LogP contribution in [0.2, 0.25) is 0 Å². The lowest BCUT2D eigenvalue weighted by molar-refractivity contribution is -0.145. The maximum absolute atomic E-state index is 10.8. The lowest BCUT2D eigenvalue weighted by Gasteiger charge is -2.22. The van der Waals surface area contributed by atoms with Crippen molar-refractivity contribution in [2.75, 3.05) is 6.54 Å². The largest absolute Gasteiger partial charge is 0.480 e. The van der Waals surface area contributed by atoms with Crippen molar-refractivity contribution in [2.45, 2.75) is 0 Å². The van der Waals surface area contributed by atoms with Crippen LogP contribution in [-0.4, -0.2) is 33.6 Å². The van der Waals surface area contributed by atoms with Gasteiger partial charge in [0, 0.05) is 16.2 Å². The van der Waals surface area contributed by atoms with Gasteiger partial charge in [0.25, 0.3) is 0 Å². The second kappa shape index (κ2) is 6.39. The van der Waals surface area contributed by atoms with E-state index in [-0.39, 0.29) is 11.4 Å². The lowest BCUT2D eigenvalue weighted by Crippen LogP contribution is -2.27. The van der Waals surface area contributed by atoms with E-state index in [0.29, 0.717) is 21.2 Å². The van der Waals surface area contributed by atoms with Crippen LogP contribution in [-0.2, 0) is 4.79 Å². The van der Waals surface area contributed by atoms with E-state index in [4.69, 9.17) is 22.1 Å². The molecule has 21 heavy (non-hydrogen) atoms. The first kappa shape index (κ1) is 15.0. The predicted octanol–water partition coefficient (Wildman–Crippen LogP) is 2.89. The first-order valence-corrected chi connectivity index (χ1v) is 6.49. The Kier molecular flexibility index (Phi) is 4.57. The molecule has 0 saturated carbocycles. The molecule has 1 aliphatic carbocycles. The van der Waals surface area contributed by atoms with Crippen LogP contribution in [0.25, 0.3) is 5.70 Å². The maximum Gasteiger partial charge on any atom is 0.325 e. The monoisotopic (exact) mass is 304 g/mol. The number of nitrogens with one attached hydrogen (secondary N) is 1. The van der Waals surface area contributed by atoms with E-state index in [1.54, 1.807) is 36.4 Å². The van der Waals surface area contributed by atoms with Crippen LogP contribution < -0.4 is 0 Å². The Morgan fingerprint density at radius 2 is 1.90 bits per heavy atom. The summed E-state index contributed by atoms with van der Waals surface area (Å²) in [6.45, 7) is -0.601. The Hall–Kier alpha value is -2.37. The van der Waals surface area contributed by atoms with Gasteiger partial charge in [-0.15, -0.1) is 0 Å². The maximum atomic E-state index is 10.8. The van der Waals surface area contributed by atoms with Crippen LogP contribution in [0.1, 0.15) is 5.56 Å². The van der Waals surface area contributed by atoms with Gasteiger partial charge in [-0.3, -0.25) is 10.0 Å². The molecule has 1 aromatic rings. The summed E-state index contributed by atoms with van der Waals surface area (Å²) < 4.78 is 0. The normalized spacial score (nSPS) is 16.5. The fraction of sp³-hybridized carbons (Fsp3) is 0.0667.